The van der Waals surface area contributed by atoms with Gasteiger partial charge in [-0.2, -0.15) is 0 Å². The minimum Gasteiger partial charge on any atom is -0.348 e. The van der Waals surface area contributed by atoms with E-state index in [0.29, 0.717) is 17.6 Å². The molecule has 2 aromatic carbocycles. The Morgan fingerprint density at radius 3 is 2.62 bits per heavy atom. The summed E-state index contributed by atoms with van der Waals surface area (Å²) in [4.78, 5) is 23.8. The lowest BCUT2D eigenvalue weighted by molar-refractivity contribution is -0.114. The van der Waals surface area contributed by atoms with Gasteiger partial charge in [0.05, 0.1) is 0 Å². The van der Waals surface area contributed by atoms with Crippen molar-refractivity contribution in [3.8, 4) is 0 Å². The second-order valence-corrected chi connectivity index (χ2v) is 6.82. The molecule has 2 saturated heterocycles. The van der Waals surface area contributed by atoms with Gasteiger partial charge in [0.25, 0.3) is 5.91 Å². The fourth-order valence-corrected chi connectivity index (χ4v) is 3.90. The lowest BCUT2D eigenvalue weighted by atomic mass is 9.95. The van der Waals surface area contributed by atoms with E-state index < -0.39 is 0 Å². The average molecular weight is 323 g/mol. The smallest absolute Gasteiger partial charge is 0.251 e. The Labute approximate surface area is 140 Å². The van der Waals surface area contributed by atoms with Crippen LogP contribution >= 0.6 is 0 Å². The van der Waals surface area contributed by atoms with Crippen LogP contribution in [0, 0.1) is 0 Å². The first-order chi connectivity index (χ1) is 11.6. The van der Waals surface area contributed by atoms with Crippen LogP contribution in [-0.4, -0.2) is 29.9 Å². The predicted octanol–water partition coefficient (Wildman–Crippen LogP) is 2.42. The number of carbonyl (C=O) groups excluding carboxylic acids is 2. The molecular weight excluding hydrogens is 302 g/mol. The summed E-state index contributed by atoms with van der Waals surface area (Å²) >= 11 is 0. The van der Waals surface area contributed by atoms with E-state index in [1.165, 1.54) is 13.3 Å². The van der Waals surface area contributed by atoms with Gasteiger partial charge in [-0.05, 0) is 54.3 Å². The van der Waals surface area contributed by atoms with Crippen molar-refractivity contribution >= 4 is 28.3 Å². The number of nitrogens with one attached hydrogen (secondary N) is 3. The van der Waals surface area contributed by atoms with E-state index in [4.69, 9.17) is 0 Å². The summed E-state index contributed by atoms with van der Waals surface area (Å²) in [6.07, 6.45) is 3.39. The maximum Gasteiger partial charge on any atom is 0.251 e. The van der Waals surface area contributed by atoms with Crippen LogP contribution in [0.4, 0.5) is 5.69 Å². The van der Waals surface area contributed by atoms with Gasteiger partial charge < -0.3 is 16.0 Å². The summed E-state index contributed by atoms with van der Waals surface area (Å²) in [5.74, 6) is -0.131. The molecule has 0 radical (unpaired) electrons. The molecule has 0 unspecified atom stereocenters. The maximum absolute atomic E-state index is 12.6. The van der Waals surface area contributed by atoms with Crippen LogP contribution in [0.1, 0.15) is 36.5 Å². The molecule has 0 saturated carbocycles. The van der Waals surface area contributed by atoms with Crippen molar-refractivity contribution in [3.63, 3.8) is 0 Å². The number of hydrogen-bond acceptors (Lipinski definition) is 3. The summed E-state index contributed by atoms with van der Waals surface area (Å²) < 4.78 is 0. The maximum atomic E-state index is 12.6. The Hall–Kier alpha value is -2.40. The summed E-state index contributed by atoms with van der Waals surface area (Å²) in [5, 5.41) is 11.5. The molecule has 2 heterocycles. The average Bonchev–Trinajstić information content (AvgIpc) is 3.16. The Morgan fingerprint density at radius 1 is 1.08 bits per heavy atom. The molecule has 5 heteroatoms. The minimum atomic E-state index is -0.105. The molecule has 2 aliphatic rings. The predicted molar refractivity (Wildman–Crippen MR) is 94.1 cm³/mol. The zero-order valence-electron chi connectivity index (χ0n) is 13.6. The molecule has 124 valence electrons. The van der Waals surface area contributed by atoms with Crippen molar-refractivity contribution in [2.45, 2.75) is 44.3 Å². The van der Waals surface area contributed by atoms with Crippen LogP contribution < -0.4 is 16.0 Å². The van der Waals surface area contributed by atoms with E-state index >= 15 is 0 Å². The number of benzene rings is 2. The summed E-state index contributed by atoms with van der Waals surface area (Å²) in [7, 11) is 0. The third kappa shape index (κ3) is 2.87. The molecule has 0 aliphatic carbocycles. The number of amides is 2. The molecular formula is C19H21N3O2. The highest BCUT2D eigenvalue weighted by Crippen LogP contribution is 2.28. The Morgan fingerprint density at radius 2 is 1.92 bits per heavy atom. The van der Waals surface area contributed by atoms with Crippen molar-refractivity contribution in [3.05, 3.63) is 42.0 Å². The largest absolute Gasteiger partial charge is 0.348 e. The van der Waals surface area contributed by atoms with Crippen molar-refractivity contribution < 1.29 is 9.59 Å². The molecule has 0 spiro atoms. The molecule has 3 atom stereocenters. The van der Waals surface area contributed by atoms with Gasteiger partial charge in [0.1, 0.15) is 0 Å². The van der Waals surface area contributed by atoms with Gasteiger partial charge in [-0.15, -0.1) is 0 Å². The lowest BCUT2D eigenvalue weighted by Gasteiger charge is -2.21. The van der Waals surface area contributed by atoms with E-state index in [2.05, 4.69) is 16.0 Å². The van der Waals surface area contributed by atoms with Gasteiger partial charge in [-0.1, -0.05) is 12.1 Å². The van der Waals surface area contributed by atoms with E-state index in [-0.39, 0.29) is 17.9 Å². The Bertz CT molecular complexity index is 817. The minimum absolute atomic E-state index is 0.0267. The van der Waals surface area contributed by atoms with Crippen LogP contribution in [0.25, 0.3) is 10.8 Å². The van der Waals surface area contributed by atoms with E-state index in [1.807, 2.05) is 36.4 Å². The van der Waals surface area contributed by atoms with Crippen molar-refractivity contribution in [1.82, 2.24) is 10.6 Å². The van der Waals surface area contributed by atoms with Gasteiger partial charge in [0, 0.05) is 36.3 Å². The Balaban J connectivity index is 1.54. The first-order valence-corrected chi connectivity index (χ1v) is 8.47. The SMILES string of the molecule is CC(=O)Nc1ccc2ccc(C(=O)N[C@@H]3C[C@H]4CC[C@@H]3N4)cc2c1. The van der Waals surface area contributed by atoms with Gasteiger partial charge >= 0.3 is 0 Å². The third-order valence-electron chi connectivity index (χ3n) is 5.04. The number of anilines is 1. The molecule has 2 fully saturated rings. The van der Waals surface area contributed by atoms with Crippen LogP contribution in [0.5, 0.6) is 0 Å². The molecule has 0 aromatic heterocycles. The van der Waals surface area contributed by atoms with Crippen molar-refractivity contribution in [1.29, 1.82) is 0 Å². The van der Waals surface area contributed by atoms with E-state index in [9.17, 15) is 9.59 Å². The molecule has 5 nitrogen and oxygen atoms in total. The van der Waals surface area contributed by atoms with Gasteiger partial charge in [-0.25, -0.2) is 0 Å². The Kier molecular flexibility index (Phi) is 3.73. The zero-order chi connectivity index (χ0) is 16.7. The summed E-state index contributed by atoms with van der Waals surface area (Å²) in [5.41, 5.74) is 1.40. The monoisotopic (exact) mass is 323 g/mol. The highest BCUT2D eigenvalue weighted by Gasteiger charge is 2.39. The van der Waals surface area contributed by atoms with E-state index in [1.54, 1.807) is 0 Å². The van der Waals surface area contributed by atoms with Crippen LogP contribution in [0.2, 0.25) is 0 Å². The molecule has 24 heavy (non-hydrogen) atoms. The third-order valence-corrected chi connectivity index (χ3v) is 5.04. The summed E-state index contributed by atoms with van der Waals surface area (Å²) in [6.45, 7) is 1.48. The lowest BCUT2D eigenvalue weighted by Crippen LogP contribution is -2.42. The van der Waals surface area contributed by atoms with E-state index in [0.717, 1.165) is 29.3 Å². The summed E-state index contributed by atoms with van der Waals surface area (Å²) in [6, 6.07) is 12.6. The molecule has 2 aromatic rings. The molecule has 3 N–H and O–H groups in total. The number of carbonyl (C=O) groups is 2. The molecule has 2 bridgehead atoms. The molecule has 2 amide bonds. The number of fused-ring (bicyclic) bond motifs is 3. The first kappa shape index (κ1) is 15.1. The number of rotatable bonds is 3. The quantitative estimate of drug-likeness (QED) is 0.812. The van der Waals surface area contributed by atoms with Gasteiger partial charge in [0.15, 0.2) is 0 Å². The van der Waals surface area contributed by atoms with Crippen LogP contribution in [-0.2, 0) is 4.79 Å². The van der Waals surface area contributed by atoms with Gasteiger partial charge in [-0.3, -0.25) is 9.59 Å². The fraction of sp³-hybridized carbons (Fsp3) is 0.368. The topological polar surface area (TPSA) is 70.2 Å². The highest BCUT2D eigenvalue weighted by atomic mass is 16.2. The molecule has 4 rings (SSSR count). The second-order valence-electron chi connectivity index (χ2n) is 6.82. The zero-order valence-corrected chi connectivity index (χ0v) is 13.6. The molecule has 2 aliphatic heterocycles. The van der Waals surface area contributed by atoms with Crippen molar-refractivity contribution in [2.24, 2.45) is 0 Å². The number of hydrogen-bond donors (Lipinski definition) is 3. The van der Waals surface area contributed by atoms with Crippen LogP contribution in [0.15, 0.2) is 36.4 Å². The highest BCUT2D eigenvalue weighted by molar-refractivity contribution is 6.00. The standard InChI is InChI=1S/C19H21N3O2/c1-11(23)20-15-5-4-12-2-3-13(8-14(12)9-15)19(24)22-18-10-16-6-7-17(18)21-16/h2-5,8-9,16-18,21H,6-7,10H2,1H3,(H,20,23)(H,22,24)/t16-,17+,18-/m1/s1. The second kappa shape index (κ2) is 5.91. The van der Waals surface area contributed by atoms with Gasteiger partial charge in [0.2, 0.25) is 5.91 Å². The fourth-order valence-electron chi connectivity index (χ4n) is 3.90. The van der Waals surface area contributed by atoms with Crippen molar-refractivity contribution in [2.75, 3.05) is 5.32 Å². The normalized spacial score (nSPS) is 25.0. The van der Waals surface area contributed by atoms with Crippen LogP contribution in [0.3, 0.4) is 0 Å². The first-order valence-electron chi connectivity index (χ1n) is 8.47.